The molecule has 0 saturated heterocycles. The van der Waals surface area contributed by atoms with E-state index in [0.717, 1.165) is 38.9 Å². The second-order valence-electron chi connectivity index (χ2n) is 4.84. The van der Waals surface area contributed by atoms with Crippen LogP contribution in [-0.4, -0.2) is 22.1 Å². The fraction of sp³-hybridized carbons (Fsp3) is 0.0588. The number of nitrogens with zero attached hydrogens (tertiary/aromatic N) is 2. The molecule has 0 radical (unpaired) electrons. The maximum atomic E-state index is 5.40. The predicted octanol–water partition coefficient (Wildman–Crippen LogP) is 4.36. The van der Waals surface area contributed by atoms with E-state index < -0.39 is 0 Å². The maximum absolute atomic E-state index is 5.40. The van der Waals surface area contributed by atoms with Crippen LogP contribution in [-0.2, 0) is 0 Å². The number of para-hydroxylation sites is 3. The van der Waals surface area contributed by atoms with E-state index in [9.17, 15) is 0 Å². The smallest absolute Gasteiger partial charge is 0.167 e. The SMILES string of the molecule is COc1ccccc1-c1csc(-c2nc3ccccc3[nH]2)n1. The predicted molar refractivity (Wildman–Crippen MR) is 89.2 cm³/mol. The lowest BCUT2D eigenvalue weighted by atomic mass is 10.1. The van der Waals surface area contributed by atoms with Gasteiger partial charge in [-0.3, -0.25) is 0 Å². The first-order chi connectivity index (χ1) is 10.8. The second kappa shape index (κ2) is 5.27. The van der Waals surface area contributed by atoms with Gasteiger partial charge in [0.2, 0.25) is 0 Å². The lowest BCUT2D eigenvalue weighted by Crippen LogP contribution is -1.87. The minimum absolute atomic E-state index is 0.798. The van der Waals surface area contributed by atoms with E-state index in [-0.39, 0.29) is 0 Å². The van der Waals surface area contributed by atoms with Crippen molar-refractivity contribution in [2.75, 3.05) is 7.11 Å². The van der Waals surface area contributed by atoms with E-state index in [4.69, 9.17) is 9.72 Å². The average Bonchev–Trinajstić information content (AvgIpc) is 3.21. The summed E-state index contributed by atoms with van der Waals surface area (Å²) >= 11 is 1.57. The van der Waals surface area contributed by atoms with Crippen LogP contribution in [0.4, 0.5) is 0 Å². The Bertz CT molecular complexity index is 909. The minimum Gasteiger partial charge on any atom is -0.496 e. The Morgan fingerprint density at radius 1 is 1.00 bits per heavy atom. The number of fused-ring (bicyclic) bond motifs is 1. The molecule has 0 aliphatic heterocycles. The molecular weight excluding hydrogens is 294 g/mol. The first-order valence-corrected chi connectivity index (χ1v) is 7.77. The normalized spacial score (nSPS) is 11.0. The summed E-state index contributed by atoms with van der Waals surface area (Å²) in [6.45, 7) is 0. The van der Waals surface area contributed by atoms with E-state index >= 15 is 0 Å². The molecule has 4 aromatic rings. The third-order valence-electron chi connectivity index (χ3n) is 3.48. The van der Waals surface area contributed by atoms with Crippen molar-refractivity contribution >= 4 is 22.4 Å². The number of hydrogen-bond acceptors (Lipinski definition) is 4. The zero-order valence-electron chi connectivity index (χ0n) is 11.9. The molecule has 0 bridgehead atoms. The maximum Gasteiger partial charge on any atom is 0.167 e. The molecule has 2 aromatic carbocycles. The molecule has 108 valence electrons. The van der Waals surface area contributed by atoms with Gasteiger partial charge in [0.15, 0.2) is 10.8 Å². The van der Waals surface area contributed by atoms with Crippen molar-refractivity contribution in [3.63, 3.8) is 0 Å². The van der Waals surface area contributed by atoms with Crippen LogP contribution >= 0.6 is 11.3 Å². The van der Waals surface area contributed by atoms with E-state index in [1.54, 1.807) is 18.4 Å². The summed E-state index contributed by atoms with van der Waals surface area (Å²) in [4.78, 5) is 12.6. The van der Waals surface area contributed by atoms with Gasteiger partial charge >= 0.3 is 0 Å². The largest absolute Gasteiger partial charge is 0.496 e. The van der Waals surface area contributed by atoms with Crippen LogP contribution in [0, 0.1) is 0 Å². The Hall–Kier alpha value is -2.66. The number of hydrogen-bond donors (Lipinski definition) is 1. The van der Waals surface area contributed by atoms with E-state index in [0.29, 0.717) is 0 Å². The molecule has 2 heterocycles. The number of thiazole rings is 1. The highest BCUT2D eigenvalue weighted by Crippen LogP contribution is 2.33. The first kappa shape index (κ1) is 13.0. The fourth-order valence-electron chi connectivity index (χ4n) is 2.42. The lowest BCUT2D eigenvalue weighted by molar-refractivity contribution is 0.416. The summed E-state index contributed by atoms with van der Waals surface area (Å²) in [5.74, 6) is 1.62. The molecule has 5 heteroatoms. The number of nitrogens with one attached hydrogen (secondary N) is 1. The minimum atomic E-state index is 0.798. The van der Waals surface area contributed by atoms with Crippen molar-refractivity contribution in [1.82, 2.24) is 15.0 Å². The first-order valence-electron chi connectivity index (χ1n) is 6.89. The van der Waals surface area contributed by atoms with Gasteiger partial charge in [-0.2, -0.15) is 0 Å². The highest BCUT2D eigenvalue weighted by molar-refractivity contribution is 7.13. The van der Waals surface area contributed by atoms with Gasteiger partial charge in [0, 0.05) is 10.9 Å². The molecule has 0 fully saturated rings. The van der Waals surface area contributed by atoms with Crippen molar-refractivity contribution in [2.45, 2.75) is 0 Å². The van der Waals surface area contributed by atoms with Gasteiger partial charge in [-0.05, 0) is 24.3 Å². The van der Waals surface area contributed by atoms with Gasteiger partial charge in [-0.1, -0.05) is 24.3 Å². The van der Waals surface area contributed by atoms with Crippen LogP contribution in [0.5, 0.6) is 5.75 Å². The quantitative estimate of drug-likeness (QED) is 0.611. The number of benzene rings is 2. The molecule has 0 spiro atoms. The van der Waals surface area contributed by atoms with Gasteiger partial charge in [-0.25, -0.2) is 9.97 Å². The zero-order chi connectivity index (χ0) is 14.9. The van der Waals surface area contributed by atoms with Gasteiger partial charge < -0.3 is 9.72 Å². The number of rotatable bonds is 3. The van der Waals surface area contributed by atoms with Crippen molar-refractivity contribution in [2.24, 2.45) is 0 Å². The Balaban J connectivity index is 1.77. The van der Waals surface area contributed by atoms with Crippen LogP contribution in [0.15, 0.2) is 53.9 Å². The van der Waals surface area contributed by atoms with E-state index in [2.05, 4.69) is 9.97 Å². The average molecular weight is 307 g/mol. The van der Waals surface area contributed by atoms with Crippen molar-refractivity contribution in [1.29, 1.82) is 0 Å². The molecule has 4 rings (SSSR count). The monoisotopic (exact) mass is 307 g/mol. The molecule has 4 nitrogen and oxygen atoms in total. The Labute approximate surface area is 131 Å². The third kappa shape index (κ3) is 2.16. The summed E-state index contributed by atoms with van der Waals surface area (Å²) in [5, 5.41) is 2.90. The highest BCUT2D eigenvalue weighted by Gasteiger charge is 2.13. The van der Waals surface area contributed by atoms with Crippen LogP contribution < -0.4 is 4.74 Å². The third-order valence-corrected chi connectivity index (χ3v) is 4.33. The zero-order valence-corrected chi connectivity index (χ0v) is 12.7. The standard InChI is InChI=1S/C17H13N3OS/c1-21-15-9-5-2-6-11(15)14-10-22-17(20-14)16-18-12-7-3-4-8-13(12)19-16/h2-10H,1H3,(H,18,19). The number of aromatic nitrogens is 3. The Morgan fingerprint density at radius 3 is 2.68 bits per heavy atom. The van der Waals surface area contributed by atoms with Gasteiger partial charge in [-0.15, -0.1) is 11.3 Å². The fourth-order valence-corrected chi connectivity index (χ4v) is 3.18. The molecule has 0 unspecified atom stereocenters. The summed E-state index contributed by atoms with van der Waals surface area (Å²) in [5.41, 5.74) is 3.86. The van der Waals surface area contributed by atoms with Crippen molar-refractivity contribution < 1.29 is 4.74 Å². The van der Waals surface area contributed by atoms with Crippen LogP contribution in [0.3, 0.4) is 0 Å². The molecule has 22 heavy (non-hydrogen) atoms. The Morgan fingerprint density at radius 2 is 1.82 bits per heavy atom. The van der Waals surface area contributed by atoms with Crippen molar-refractivity contribution in [3.8, 4) is 27.8 Å². The van der Waals surface area contributed by atoms with Crippen LogP contribution in [0.2, 0.25) is 0 Å². The summed E-state index contributed by atoms with van der Waals surface area (Å²) < 4.78 is 5.40. The molecule has 1 N–H and O–H groups in total. The van der Waals surface area contributed by atoms with Gasteiger partial charge in [0.1, 0.15) is 5.75 Å². The number of aromatic amines is 1. The molecular formula is C17H13N3OS. The van der Waals surface area contributed by atoms with Crippen molar-refractivity contribution in [3.05, 3.63) is 53.9 Å². The molecule has 0 amide bonds. The number of methoxy groups -OCH3 is 1. The number of imidazole rings is 1. The number of H-pyrrole nitrogens is 1. The Kier molecular flexibility index (Phi) is 3.12. The summed E-state index contributed by atoms with van der Waals surface area (Å²) in [6, 6.07) is 15.9. The summed E-state index contributed by atoms with van der Waals surface area (Å²) in [7, 11) is 1.67. The van der Waals surface area contributed by atoms with Crippen LogP contribution in [0.1, 0.15) is 0 Å². The number of ether oxygens (including phenoxy) is 1. The molecule has 0 atom stereocenters. The molecule has 0 aliphatic carbocycles. The molecule has 0 aliphatic rings. The lowest BCUT2D eigenvalue weighted by Gasteiger charge is -2.04. The molecule has 0 saturated carbocycles. The topological polar surface area (TPSA) is 50.8 Å². The summed E-state index contributed by atoms with van der Waals surface area (Å²) in [6.07, 6.45) is 0. The highest BCUT2D eigenvalue weighted by atomic mass is 32.1. The van der Waals surface area contributed by atoms with Crippen LogP contribution in [0.25, 0.3) is 33.1 Å². The van der Waals surface area contributed by atoms with E-state index in [1.807, 2.05) is 53.9 Å². The second-order valence-corrected chi connectivity index (χ2v) is 5.70. The molecule has 2 aromatic heterocycles. The van der Waals surface area contributed by atoms with E-state index in [1.165, 1.54) is 0 Å². The van der Waals surface area contributed by atoms with Gasteiger partial charge in [0.05, 0.1) is 23.8 Å². The van der Waals surface area contributed by atoms with Gasteiger partial charge in [0.25, 0.3) is 0 Å².